The molecule has 0 radical (unpaired) electrons. The maximum Gasteiger partial charge on any atom is 0.253 e. The van der Waals surface area contributed by atoms with Crippen molar-refractivity contribution in [2.75, 3.05) is 33.8 Å². The predicted molar refractivity (Wildman–Crippen MR) is 105 cm³/mol. The van der Waals surface area contributed by atoms with Crippen LogP contribution in [0.15, 0.2) is 48.5 Å². The molecule has 2 aromatic rings. The number of amides is 1. The molecule has 1 N–H and O–H groups in total. The molecule has 0 bridgehead atoms. The minimum atomic E-state index is 0.0919. The molecule has 1 amide bonds. The van der Waals surface area contributed by atoms with E-state index in [9.17, 15) is 9.90 Å². The van der Waals surface area contributed by atoms with Gasteiger partial charge in [-0.05, 0) is 67.7 Å². The molecule has 1 fully saturated rings. The molecular weight excluding hydrogens is 324 g/mol. The van der Waals surface area contributed by atoms with Crippen LogP contribution in [-0.4, -0.2) is 54.6 Å². The zero-order valence-corrected chi connectivity index (χ0v) is 15.7. The number of rotatable bonds is 5. The van der Waals surface area contributed by atoms with Crippen LogP contribution in [0.25, 0.3) is 11.1 Å². The lowest BCUT2D eigenvalue weighted by molar-refractivity contribution is 0.0651. The highest BCUT2D eigenvalue weighted by Gasteiger charge is 2.23. The van der Waals surface area contributed by atoms with Gasteiger partial charge < -0.3 is 14.9 Å². The third-order valence-corrected chi connectivity index (χ3v) is 5.05. The fourth-order valence-electron chi connectivity index (χ4n) is 3.52. The average Bonchev–Trinajstić information content (AvgIpc) is 2.67. The summed E-state index contributed by atoms with van der Waals surface area (Å²) >= 11 is 0. The third kappa shape index (κ3) is 4.51. The van der Waals surface area contributed by atoms with Crippen LogP contribution >= 0.6 is 0 Å². The number of likely N-dealkylation sites (tertiary alicyclic amines) is 1. The molecule has 0 aromatic heterocycles. The molecule has 1 saturated heterocycles. The topological polar surface area (TPSA) is 43.8 Å². The van der Waals surface area contributed by atoms with Gasteiger partial charge in [0.2, 0.25) is 0 Å². The Morgan fingerprint density at radius 1 is 1.08 bits per heavy atom. The molecule has 0 unspecified atom stereocenters. The number of hydrogen-bond donors (Lipinski definition) is 1. The minimum absolute atomic E-state index is 0.0919. The molecule has 3 rings (SSSR count). The van der Waals surface area contributed by atoms with Crippen molar-refractivity contribution in [2.45, 2.75) is 19.4 Å². The second-order valence-corrected chi connectivity index (χ2v) is 7.43. The van der Waals surface area contributed by atoms with Gasteiger partial charge in [-0.2, -0.15) is 0 Å². The van der Waals surface area contributed by atoms with Gasteiger partial charge in [-0.1, -0.05) is 30.3 Å². The highest BCUT2D eigenvalue weighted by Crippen LogP contribution is 2.23. The maximum atomic E-state index is 12.7. The molecule has 0 atom stereocenters. The van der Waals surface area contributed by atoms with E-state index in [2.05, 4.69) is 43.3 Å². The summed E-state index contributed by atoms with van der Waals surface area (Å²) in [6.45, 7) is 2.61. The Kier molecular flexibility index (Phi) is 6.07. The quantitative estimate of drug-likeness (QED) is 0.898. The van der Waals surface area contributed by atoms with Crippen molar-refractivity contribution < 1.29 is 9.90 Å². The lowest BCUT2D eigenvalue weighted by Crippen LogP contribution is -2.39. The van der Waals surface area contributed by atoms with Crippen LogP contribution in [0, 0.1) is 5.92 Å². The van der Waals surface area contributed by atoms with Crippen LogP contribution in [0.3, 0.4) is 0 Å². The van der Waals surface area contributed by atoms with Crippen LogP contribution in [-0.2, 0) is 6.54 Å². The molecule has 26 heavy (non-hydrogen) atoms. The Labute approximate surface area is 156 Å². The van der Waals surface area contributed by atoms with E-state index < -0.39 is 0 Å². The van der Waals surface area contributed by atoms with Gasteiger partial charge in [0, 0.05) is 31.8 Å². The van der Waals surface area contributed by atoms with Gasteiger partial charge in [-0.25, -0.2) is 0 Å². The molecule has 1 heterocycles. The average molecular weight is 352 g/mol. The number of aliphatic hydroxyl groups is 1. The van der Waals surface area contributed by atoms with E-state index in [1.54, 1.807) is 0 Å². The smallest absolute Gasteiger partial charge is 0.253 e. The molecule has 1 aliphatic rings. The van der Waals surface area contributed by atoms with E-state index in [1.165, 1.54) is 11.1 Å². The molecule has 138 valence electrons. The zero-order chi connectivity index (χ0) is 18.5. The first-order chi connectivity index (χ1) is 12.6. The Morgan fingerprint density at radius 3 is 2.38 bits per heavy atom. The third-order valence-electron chi connectivity index (χ3n) is 5.05. The monoisotopic (exact) mass is 352 g/mol. The second-order valence-electron chi connectivity index (χ2n) is 7.43. The summed E-state index contributed by atoms with van der Waals surface area (Å²) in [5, 5.41) is 9.23. The molecule has 0 saturated carbocycles. The second kappa shape index (κ2) is 8.47. The van der Waals surface area contributed by atoms with E-state index in [1.807, 2.05) is 29.2 Å². The highest BCUT2D eigenvalue weighted by atomic mass is 16.3. The summed E-state index contributed by atoms with van der Waals surface area (Å²) in [6.07, 6.45) is 1.78. The molecule has 4 nitrogen and oxygen atoms in total. The van der Waals surface area contributed by atoms with Crippen molar-refractivity contribution in [1.82, 2.24) is 9.80 Å². The van der Waals surface area contributed by atoms with Gasteiger partial charge in [0.25, 0.3) is 5.91 Å². The van der Waals surface area contributed by atoms with Crippen molar-refractivity contribution in [1.29, 1.82) is 0 Å². The first-order valence-electron chi connectivity index (χ1n) is 9.31. The van der Waals surface area contributed by atoms with Crippen LogP contribution < -0.4 is 0 Å². The number of aliphatic hydroxyl groups excluding tert-OH is 1. The molecule has 1 aliphatic heterocycles. The van der Waals surface area contributed by atoms with Crippen molar-refractivity contribution in [3.63, 3.8) is 0 Å². The molecule has 2 aromatic carbocycles. The Morgan fingerprint density at radius 2 is 1.77 bits per heavy atom. The van der Waals surface area contributed by atoms with E-state index >= 15 is 0 Å². The Balaban J connectivity index is 1.69. The molecule has 0 aliphatic carbocycles. The SMILES string of the molecule is CN(C)Cc1cccc(-c2ccc(C(=O)N3CCC(CO)CC3)cc2)c1. The fraction of sp³-hybridized carbons (Fsp3) is 0.409. The normalized spacial score (nSPS) is 15.5. The van der Waals surface area contributed by atoms with E-state index in [0.717, 1.165) is 43.6 Å². The summed E-state index contributed by atoms with van der Waals surface area (Å²) in [5.74, 6) is 0.435. The maximum absolute atomic E-state index is 12.7. The summed E-state index contributed by atoms with van der Waals surface area (Å²) in [7, 11) is 4.13. The Bertz CT molecular complexity index is 732. The van der Waals surface area contributed by atoms with Gasteiger partial charge in [0.05, 0.1) is 0 Å². The lowest BCUT2D eigenvalue weighted by Gasteiger charge is -2.31. The van der Waals surface area contributed by atoms with Crippen molar-refractivity contribution in [3.05, 3.63) is 59.7 Å². The summed E-state index contributed by atoms with van der Waals surface area (Å²) in [5.41, 5.74) is 4.31. The van der Waals surface area contributed by atoms with E-state index in [-0.39, 0.29) is 12.5 Å². The van der Waals surface area contributed by atoms with Crippen molar-refractivity contribution >= 4 is 5.91 Å². The largest absolute Gasteiger partial charge is 0.396 e. The predicted octanol–water partition coefficient (Wildman–Crippen LogP) is 3.26. The van der Waals surface area contributed by atoms with E-state index in [0.29, 0.717) is 5.92 Å². The van der Waals surface area contributed by atoms with Crippen LogP contribution in [0.5, 0.6) is 0 Å². The van der Waals surface area contributed by atoms with Gasteiger partial charge in [-0.15, -0.1) is 0 Å². The van der Waals surface area contributed by atoms with Crippen LogP contribution in [0.2, 0.25) is 0 Å². The van der Waals surface area contributed by atoms with Gasteiger partial charge >= 0.3 is 0 Å². The standard InChI is InChI=1S/C22H28N2O2/c1-23(2)15-18-4-3-5-21(14-18)19-6-8-20(9-7-19)22(26)24-12-10-17(16-25)11-13-24/h3-9,14,17,25H,10-13,15-16H2,1-2H3. The molecule has 4 heteroatoms. The first kappa shape index (κ1) is 18.6. The fourth-order valence-corrected chi connectivity index (χ4v) is 3.52. The number of benzene rings is 2. The van der Waals surface area contributed by atoms with Crippen LogP contribution in [0.4, 0.5) is 0 Å². The summed E-state index contributed by atoms with van der Waals surface area (Å²) < 4.78 is 0. The number of nitrogens with zero attached hydrogens (tertiary/aromatic N) is 2. The Hall–Kier alpha value is -2.17. The zero-order valence-electron chi connectivity index (χ0n) is 15.7. The number of carbonyl (C=O) groups is 1. The lowest BCUT2D eigenvalue weighted by atomic mass is 9.97. The highest BCUT2D eigenvalue weighted by molar-refractivity contribution is 5.94. The van der Waals surface area contributed by atoms with Gasteiger partial charge in [-0.3, -0.25) is 4.79 Å². The van der Waals surface area contributed by atoms with Crippen LogP contribution in [0.1, 0.15) is 28.8 Å². The first-order valence-corrected chi connectivity index (χ1v) is 9.31. The van der Waals surface area contributed by atoms with Crippen molar-refractivity contribution in [3.8, 4) is 11.1 Å². The minimum Gasteiger partial charge on any atom is -0.396 e. The number of hydrogen-bond acceptors (Lipinski definition) is 3. The van der Waals surface area contributed by atoms with Gasteiger partial charge in [0.15, 0.2) is 0 Å². The summed E-state index contributed by atoms with van der Waals surface area (Å²) in [6, 6.07) is 16.4. The van der Waals surface area contributed by atoms with Crippen molar-refractivity contribution in [2.24, 2.45) is 5.92 Å². The van der Waals surface area contributed by atoms with Gasteiger partial charge in [0.1, 0.15) is 0 Å². The summed E-state index contributed by atoms with van der Waals surface area (Å²) in [4.78, 5) is 16.7. The molecule has 0 spiro atoms. The number of piperidine rings is 1. The number of carbonyl (C=O) groups excluding carboxylic acids is 1. The van der Waals surface area contributed by atoms with E-state index in [4.69, 9.17) is 0 Å². The molecular formula is C22H28N2O2.